The van der Waals surface area contributed by atoms with E-state index in [1.807, 2.05) is 59.5 Å². The van der Waals surface area contributed by atoms with Crippen LogP contribution < -0.4 is 27.4 Å². The molecule has 0 radical (unpaired) electrons. The maximum absolute atomic E-state index is 13.9. The first-order chi connectivity index (χ1) is 20.1. The summed E-state index contributed by atoms with van der Waals surface area (Å²) < 4.78 is 0. The zero-order chi connectivity index (χ0) is 30.1. The third-order valence-corrected chi connectivity index (χ3v) is 8.12. The van der Waals surface area contributed by atoms with Gasteiger partial charge >= 0.3 is 0 Å². The Balaban J connectivity index is 1.47. The maximum Gasteiger partial charge on any atom is 0.251 e. The number of nitrogens with zero attached hydrogens (tertiary/aromatic N) is 2. The molecule has 1 fully saturated rings. The van der Waals surface area contributed by atoms with Gasteiger partial charge in [0.05, 0.1) is 12.1 Å². The molecule has 10 heteroatoms. The molecule has 7 N–H and O–H groups in total. The summed E-state index contributed by atoms with van der Waals surface area (Å²) in [4.78, 5) is 45.0. The first-order valence-electron chi connectivity index (χ1n) is 14.6. The largest absolute Gasteiger partial charge is 0.370 e. The summed E-state index contributed by atoms with van der Waals surface area (Å²) in [5.74, 6) is -0.299. The van der Waals surface area contributed by atoms with E-state index >= 15 is 0 Å². The number of rotatable bonds is 11. The van der Waals surface area contributed by atoms with E-state index in [-0.39, 0.29) is 41.2 Å². The summed E-state index contributed by atoms with van der Waals surface area (Å²) in [6.07, 6.45) is 10.7. The highest BCUT2D eigenvalue weighted by Crippen LogP contribution is 2.32. The van der Waals surface area contributed by atoms with Gasteiger partial charge in [-0.15, -0.1) is 0 Å². The van der Waals surface area contributed by atoms with Gasteiger partial charge in [-0.1, -0.05) is 61.6 Å². The Morgan fingerprint density at radius 3 is 2.67 bits per heavy atom. The van der Waals surface area contributed by atoms with E-state index in [0.29, 0.717) is 51.0 Å². The number of allylic oxidation sites excluding steroid dienone is 3. The third kappa shape index (κ3) is 8.19. The predicted molar refractivity (Wildman–Crippen MR) is 167 cm³/mol. The summed E-state index contributed by atoms with van der Waals surface area (Å²) in [7, 11) is 0. The van der Waals surface area contributed by atoms with Crippen molar-refractivity contribution in [3.05, 3.63) is 72.3 Å². The second-order valence-corrected chi connectivity index (χ2v) is 11.5. The van der Waals surface area contributed by atoms with Crippen molar-refractivity contribution in [1.29, 1.82) is 0 Å². The van der Waals surface area contributed by atoms with Gasteiger partial charge in [0.25, 0.3) is 5.91 Å². The van der Waals surface area contributed by atoms with Crippen LogP contribution in [0.25, 0.3) is 10.8 Å². The molecule has 42 heavy (non-hydrogen) atoms. The van der Waals surface area contributed by atoms with Crippen LogP contribution in [0.1, 0.15) is 49.9 Å². The van der Waals surface area contributed by atoms with Gasteiger partial charge in [0.2, 0.25) is 11.8 Å². The van der Waals surface area contributed by atoms with E-state index in [4.69, 9.17) is 11.5 Å². The summed E-state index contributed by atoms with van der Waals surface area (Å²) in [5, 5.41) is 11.7. The van der Waals surface area contributed by atoms with Gasteiger partial charge in [0.15, 0.2) is 5.96 Å². The SMILES string of the molecule is CC(=O)N[C@H](CN1CC[C@@H](CNC(=O)c2ccc3ccccc3c2)N[C@@H](CCCN=C(N)N)C1=O)C1(C)C=CC=CC1. The number of hydrogen-bond donors (Lipinski definition) is 5. The molecule has 1 saturated heterocycles. The van der Waals surface area contributed by atoms with Crippen LogP contribution in [-0.4, -0.2) is 72.9 Å². The van der Waals surface area contributed by atoms with Gasteiger partial charge in [-0.2, -0.15) is 0 Å². The van der Waals surface area contributed by atoms with Crippen LogP contribution in [0, 0.1) is 5.41 Å². The fourth-order valence-electron chi connectivity index (χ4n) is 5.67. The Bertz CT molecular complexity index is 1370. The number of nitrogens with one attached hydrogen (secondary N) is 3. The fourth-order valence-corrected chi connectivity index (χ4v) is 5.67. The number of guanidine groups is 1. The van der Waals surface area contributed by atoms with Gasteiger partial charge in [-0.25, -0.2) is 0 Å². The van der Waals surface area contributed by atoms with E-state index in [1.165, 1.54) is 6.92 Å². The molecule has 4 rings (SSSR count). The Kier molecular flexibility index (Phi) is 10.4. The number of benzene rings is 2. The van der Waals surface area contributed by atoms with Crippen molar-refractivity contribution >= 4 is 34.5 Å². The highest BCUT2D eigenvalue weighted by atomic mass is 16.2. The lowest BCUT2D eigenvalue weighted by atomic mass is 9.76. The maximum atomic E-state index is 13.9. The van der Waals surface area contributed by atoms with Crippen molar-refractivity contribution in [3.8, 4) is 0 Å². The topological polar surface area (TPSA) is 155 Å². The summed E-state index contributed by atoms with van der Waals surface area (Å²) in [6, 6.07) is 12.7. The van der Waals surface area contributed by atoms with Crippen molar-refractivity contribution < 1.29 is 14.4 Å². The third-order valence-electron chi connectivity index (χ3n) is 8.12. The molecular weight excluding hydrogens is 530 g/mol. The molecule has 4 atom stereocenters. The van der Waals surface area contributed by atoms with Crippen LogP contribution in [-0.2, 0) is 9.59 Å². The van der Waals surface area contributed by atoms with Crippen molar-refractivity contribution in [2.45, 2.75) is 57.7 Å². The molecule has 224 valence electrons. The molecule has 0 saturated carbocycles. The average molecular weight is 574 g/mol. The molecule has 0 spiro atoms. The number of carbonyl (C=O) groups is 3. The Morgan fingerprint density at radius 2 is 1.95 bits per heavy atom. The summed E-state index contributed by atoms with van der Waals surface area (Å²) in [6.45, 7) is 5.28. The normalized spacial score (nSPS) is 22.8. The Hall–Kier alpha value is -4.18. The Labute approximate surface area is 247 Å². The molecule has 1 aliphatic carbocycles. The second-order valence-electron chi connectivity index (χ2n) is 11.5. The van der Waals surface area contributed by atoms with Gasteiger partial charge in [-0.05, 0) is 48.6 Å². The van der Waals surface area contributed by atoms with Crippen LogP contribution in [0.4, 0.5) is 0 Å². The lowest BCUT2D eigenvalue weighted by Crippen LogP contribution is -2.55. The van der Waals surface area contributed by atoms with Crippen LogP contribution in [0.2, 0.25) is 0 Å². The molecule has 1 heterocycles. The minimum atomic E-state index is -0.475. The van der Waals surface area contributed by atoms with Crippen LogP contribution >= 0.6 is 0 Å². The average Bonchev–Trinajstić information content (AvgIpc) is 3.11. The van der Waals surface area contributed by atoms with Gasteiger partial charge in [0, 0.05) is 50.1 Å². The number of carbonyl (C=O) groups excluding carboxylic acids is 3. The quantitative estimate of drug-likeness (QED) is 0.158. The molecule has 1 unspecified atom stereocenters. The minimum Gasteiger partial charge on any atom is -0.370 e. The molecule has 2 aromatic carbocycles. The zero-order valence-corrected chi connectivity index (χ0v) is 24.5. The first-order valence-corrected chi connectivity index (χ1v) is 14.6. The number of hydrogen-bond acceptors (Lipinski definition) is 5. The Morgan fingerprint density at radius 1 is 1.17 bits per heavy atom. The van der Waals surface area contributed by atoms with Crippen LogP contribution in [0.15, 0.2) is 71.8 Å². The lowest BCUT2D eigenvalue weighted by molar-refractivity contribution is -0.134. The molecule has 1 aliphatic heterocycles. The van der Waals surface area contributed by atoms with Gasteiger partial charge < -0.3 is 32.3 Å². The summed E-state index contributed by atoms with van der Waals surface area (Å²) >= 11 is 0. The van der Waals surface area contributed by atoms with Crippen molar-refractivity contribution in [2.24, 2.45) is 21.9 Å². The van der Waals surface area contributed by atoms with E-state index in [9.17, 15) is 14.4 Å². The lowest BCUT2D eigenvalue weighted by Gasteiger charge is -2.39. The van der Waals surface area contributed by atoms with Gasteiger partial charge in [0.1, 0.15) is 0 Å². The minimum absolute atomic E-state index is 0.0204. The van der Waals surface area contributed by atoms with E-state index in [2.05, 4.69) is 40.0 Å². The highest BCUT2D eigenvalue weighted by Gasteiger charge is 2.37. The fraction of sp³-hybridized carbons (Fsp3) is 0.438. The molecule has 0 bridgehead atoms. The van der Waals surface area contributed by atoms with Gasteiger partial charge in [-0.3, -0.25) is 19.4 Å². The molecule has 2 aromatic rings. The second kappa shape index (κ2) is 14.1. The van der Waals surface area contributed by atoms with E-state index < -0.39 is 6.04 Å². The van der Waals surface area contributed by atoms with Crippen molar-refractivity contribution in [1.82, 2.24) is 20.9 Å². The first kappa shape index (κ1) is 30.8. The number of amides is 3. The number of aliphatic imine (C=N–C) groups is 1. The standard InChI is InChI=1S/C32H43N7O3/c1-22(40)37-28(32(2)15-6-3-7-16-32)21-39-18-14-26(38-27(30(39)42)11-8-17-35-31(33)34)20-36-29(41)25-13-12-23-9-4-5-10-24(23)19-25/h3-7,9-10,12-13,15,19,26-28,38H,8,11,14,16-18,20-21H2,1-2H3,(H,36,41)(H,37,40)(H4,33,34,35)/t26-,27-,28+,32?/m0/s1. The number of fused-ring (bicyclic) bond motifs is 1. The van der Waals surface area contributed by atoms with Crippen molar-refractivity contribution in [3.63, 3.8) is 0 Å². The zero-order valence-electron chi connectivity index (χ0n) is 24.5. The highest BCUT2D eigenvalue weighted by molar-refractivity contribution is 5.98. The molecule has 2 aliphatic rings. The molecular formula is C32H43N7O3. The van der Waals surface area contributed by atoms with Crippen LogP contribution in [0.3, 0.4) is 0 Å². The van der Waals surface area contributed by atoms with Crippen LogP contribution in [0.5, 0.6) is 0 Å². The molecule has 10 nitrogen and oxygen atoms in total. The predicted octanol–water partition coefficient (Wildman–Crippen LogP) is 2.21. The van der Waals surface area contributed by atoms with E-state index in [0.717, 1.165) is 17.2 Å². The smallest absolute Gasteiger partial charge is 0.251 e. The summed E-state index contributed by atoms with van der Waals surface area (Å²) in [5.41, 5.74) is 11.2. The number of nitrogens with two attached hydrogens (primary N) is 2. The van der Waals surface area contributed by atoms with E-state index in [1.54, 1.807) is 0 Å². The monoisotopic (exact) mass is 573 g/mol. The molecule has 3 amide bonds. The molecule has 0 aromatic heterocycles. The van der Waals surface area contributed by atoms with Crippen molar-refractivity contribution in [2.75, 3.05) is 26.2 Å².